The summed E-state index contributed by atoms with van der Waals surface area (Å²) in [5.41, 5.74) is 1.28. The van der Waals surface area contributed by atoms with Gasteiger partial charge in [0.15, 0.2) is 0 Å². The summed E-state index contributed by atoms with van der Waals surface area (Å²) in [5, 5.41) is 3.45. The molecule has 1 aromatic heterocycles. The average Bonchev–Trinajstić information content (AvgIpc) is 2.75. The molecule has 0 saturated carbocycles. The van der Waals surface area contributed by atoms with Crippen LogP contribution >= 0.6 is 0 Å². The first-order valence-corrected chi connectivity index (χ1v) is 6.00. The number of hydrogen-bond acceptors (Lipinski definition) is 3. The van der Waals surface area contributed by atoms with Gasteiger partial charge in [0.2, 0.25) is 0 Å². The van der Waals surface area contributed by atoms with Gasteiger partial charge in [-0.3, -0.25) is 0 Å². The first kappa shape index (κ1) is 11.7. The zero-order valence-electron chi connectivity index (χ0n) is 10.4. The van der Waals surface area contributed by atoms with Gasteiger partial charge in [0.05, 0.1) is 5.60 Å². The van der Waals surface area contributed by atoms with Crippen molar-refractivity contribution in [1.82, 2.24) is 5.32 Å². The predicted octanol–water partition coefficient (Wildman–Crippen LogP) is 2.56. The van der Waals surface area contributed by atoms with E-state index in [9.17, 15) is 0 Å². The molecule has 0 aromatic carbocycles. The van der Waals surface area contributed by atoms with E-state index in [0.29, 0.717) is 0 Å². The molecule has 0 aliphatic carbocycles. The lowest BCUT2D eigenvalue weighted by atomic mass is 10.0. The fourth-order valence-electron chi connectivity index (χ4n) is 2.30. The molecule has 3 heteroatoms. The van der Waals surface area contributed by atoms with E-state index in [1.54, 1.807) is 0 Å². The number of hydrogen-bond donors (Lipinski definition) is 1. The molecule has 0 spiro atoms. The van der Waals surface area contributed by atoms with Crippen LogP contribution in [-0.2, 0) is 11.3 Å². The van der Waals surface area contributed by atoms with Crippen LogP contribution in [0, 0.1) is 13.8 Å². The van der Waals surface area contributed by atoms with Crippen molar-refractivity contribution in [2.45, 2.75) is 45.8 Å². The van der Waals surface area contributed by atoms with Crippen LogP contribution in [0.3, 0.4) is 0 Å². The minimum Gasteiger partial charge on any atom is -0.466 e. The van der Waals surface area contributed by atoms with Crippen LogP contribution in [0.2, 0.25) is 0 Å². The molecule has 1 fully saturated rings. The van der Waals surface area contributed by atoms with Gasteiger partial charge in [-0.05, 0) is 39.7 Å². The quantitative estimate of drug-likeness (QED) is 0.852. The molecule has 2 rings (SSSR count). The Hall–Kier alpha value is -0.800. The standard InChI is InChI=1S/C13H21NO2/c1-10-7-12(11(2)16-10)8-14-9-13(3)5-4-6-15-13/h7,14H,4-6,8-9H2,1-3H3. The van der Waals surface area contributed by atoms with E-state index in [1.807, 2.05) is 13.8 Å². The third-order valence-electron chi connectivity index (χ3n) is 3.26. The summed E-state index contributed by atoms with van der Waals surface area (Å²) in [6, 6.07) is 2.10. The molecule has 90 valence electrons. The Morgan fingerprint density at radius 1 is 1.44 bits per heavy atom. The van der Waals surface area contributed by atoms with Crippen LogP contribution in [0.4, 0.5) is 0 Å². The molecule has 1 atom stereocenters. The summed E-state index contributed by atoms with van der Waals surface area (Å²) < 4.78 is 11.2. The van der Waals surface area contributed by atoms with Gasteiger partial charge in [-0.15, -0.1) is 0 Å². The lowest BCUT2D eigenvalue weighted by Crippen LogP contribution is -2.36. The van der Waals surface area contributed by atoms with E-state index in [-0.39, 0.29) is 5.60 Å². The van der Waals surface area contributed by atoms with Gasteiger partial charge in [0.25, 0.3) is 0 Å². The predicted molar refractivity (Wildman–Crippen MR) is 63.5 cm³/mol. The summed E-state index contributed by atoms with van der Waals surface area (Å²) in [5.74, 6) is 2.00. The molecule has 1 aliphatic heterocycles. The van der Waals surface area contributed by atoms with Crippen molar-refractivity contribution in [2.75, 3.05) is 13.2 Å². The van der Waals surface area contributed by atoms with Crippen LogP contribution in [-0.4, -0.2) is 18.8 Å². The lowest BCUT2D eigenvalue weighted by molar-refractivity contribution is 0.0206. The second-order valence-electron chi connectivity index (χ2n) is 4.94. The van der Waals surface area contributed by atoms with Crippen molar-refractivity contribution in [3.8, 4) is 0 Å². The van der Waals surface area contributed by atoms with E-state index in [1.165, 1.54) is 12.0 Å². The largest absolute Gasteiger partial charge is 0.466 e. The maximum absolute atomic E-state index is 5.73. The van der Waals surface area contributed by atoms with E-state index in [2.05, 4.69) is 18.3 Å². The Morgan fingerprint density at radius 2 is 2.25 bits per heavy atom. The summed E-state index contributed by atoms with van der Waals surface area (Å²) in [6.45, 7) is 8.86. The van der Waals surface area contributed by atoms with Crippen molar-refractivity contribution >= 4 is 0 Å². The second kappa shape index (κ2) is 4.60. The van der Waals surface area contributed by atoms with E-state index in [4.69, 9.17) is 9.15 Å². The molecular formula is C13H21NO2. The maximum Gasteiger partial charge on any atom is 0.105 e. The van der Waals surface area contributed by atoms with Crippen molar-refractivity contribution < 1.29 is 9.15 Å². The molecule has 1 saturated heterocycles. The zero-order chi connectivity index (χ0) is 11.6. The summed E-state index contributed by atoms with van der Waals surface area (Å²) in [7, 11) is 0. The zero-order valence-corrected chi connectivity index (χ0v) is 10.4. The fourth-order valence-corrected chi connectivity index (χ4v) is 2.30. The van der Waals surface area contributed by atoms with Crippen molar-refractivity contribution in [3.63, 3.8) is 0 Å². The average molecular weight is 223 g/mol. The Kier molecular flexibility index (Phi) is 3.36. The monoisotopic (exact) mass is 223 g/mol. The Balaban J connectivity index is 1.81. The van der Waals surface area contributed by atoms with Crippen LogP contribution < -0.4 is 5.32 Å². The van der Waals surface area contributed by atoms with Crippen LogP contribution in [0.15, 0.2) is 10.5 Å². The van der Waals surface area contributed by atoms with Gasteiger partial charge in [-0.1, -0.05) is 0 Å². The summed E-state index contributed by atoms with van der Waals surface area (Å²) >= 11 is 0. The molecule has 1 N–H and O–H groups in total. The molecule has 2 heterocycles. The van der Waals surface area contributed by atoms with Gasteiger partial charge < -0.3 is 14.5 Å². The van der Waals surface area contributed by atoms with Crippen LogP contribution in [0.5, 0.6) is 0 Å². The number of rotatable bonds is 4. The minimum absolute atomic E-state index is 0.0344. The molecule has 0 amide bonds. The van der Waals surface area contributed by atoms with Gasteiger partial charge in [-0.25, -0.2) is 0 Å². The van der Waals surface area contributed by atoms with Crippen LogP contribution in [0.1, 0.15) is 36.8 Å². The normalized spacial score (nSPS) is 25.2. The lowest BCUT2D eigenvalue weighted by Gasteiger charge is -2.23. The number of furan rings is 1. The number of ether oxygens (including phenoxy) is 1. The first-order chi connectivity index (χ1) is 7.59. The Bertz CT molecular complexity index is 351. The smallest absolute Gasteiger partial charge is 0.105 e. The fraction of sp³-hybridized carbons (Fsp3) is 0.692. The molecule has 1 aromatic rings. The van der Waals surface area contributed by atoms with Crippen molar-refractivity contribution in [2.24, 2.45) is 0 Å². The molecule has 1 unspecified atom stereocenters. The third-order valence-corrected chi connectivity index (χ3v) is 3.26. The summed E-state index contributed by atoms with van der Waals surface area (Å²) in [6.07, 6.45) is 2.34. The molecule has 3 nitrogen and oxygen atoms in total. The highest BCUT2D eigenvalue weighted by molar-refractivity contribution is 5.19. The van der Waals surface area contributed by atoms with Gasteiger partial charge in [0.1, 0.15) is 11.5 Å². The first-order valence-electron chi connectivity index (χ1n) is 6.00. The Labute approximate surface area is 97.2 Å². The van der Waals surface area contributed by atoms with Crippen molar-refractivity contribution in [3.05, 3.63) is 23.2 Å². The van der Waals surface area contributed by atoms with Crippen molar-refractivity contribution in [1.29, 1.82) is 0 Å². The van der Waals surface area contributed by atoms with Gasteiger partial charge in [0, 0.05) is 25.3 Å². The summed E-state index contributed by atoms with van der Waals surface area (Å²) in [4.78, 5) is 0. The third kappa shape index (κ3) is 2.66. The van der Waals surface area contributed by atoms with Gasteiger partial charge in [-0.2, -0.15) is 0 Å². The Morgan fingerprint density at radius 3 is 2.81 bits per heavy atom. The second-order valence-corrected chi connectivity index (χ2v) is 4.94. The van der Waals surface area contributed by atoms with Crippen LogP contribution in [0.25, 0.3) is 0 Å². The highest BCUT2D eigenvalue weighted by Crippen LogP contribution is 2.24. The van der Waals surface area contributed by atoms with E-state index >= 15 is 0 Å². The number of nitrogens with one attached hydrogen (secondary N) is 1. The van der Waals surface area contributed by atoms with Gasteiger partial charge >= 0.3 is 0 Å². The highest BCUT2D eigenvalue weighted by atomic mass is 16.5. The highest BCUT2D eigenvalue weighted by Gasteiger charge is 2.29. The maximum atomic E-state index is 5.73. The SMILES string of the molecule is Cc1cc(CNCC2(C)CCCO2)c(C)o1. The molecular weight excluding hydrogens is 202 g/mol. The molecule has 0 bridgehead atoms. The molecule has 16 heavy (non-hydrogen) atoms. The van der Waals surface area contributed by atoms with E-state index < -0.39 is 0 Å². The minimum atomic E-state index is 0.0344. The van der Waals surface area contributed by atoms with E-state index in [0.717, 1.165) is 37.6 Å². The number of aryl methyl sites for hydroxylation is 2. The molecule has 1 aliphatic rings. The topological polar surface area (TPSA) is 34.4 Å². The molecule has 0 radical (unpaired) electrons.